The number of carbonyl (C=O) groups excluding carboxylic acids is 4. The molecule has 7 nitrogen and oxygen atoms in total. The molecule has 4 bridgehead atoms. The Morgan fingerprint density at radius 2 is 1.61 bits per heavy atom. The van der Waals surface area contributed by atoms with Gasteiger partial charge in [0.15, 0.2) is 12.4 Å². The molecule has 4 saturated carbocycles. The van der Waals surface area contributed by atoms with E-state index in [1.54, 1.807) is 29.2 Å². The average molecular weight is 453 g/mol. The van der Waals surface area contributed by atoms with Gasteiger partial charge in [0.25, 0.3) is 0 Å². The van der Waals surface area contributed by atoms with E-state index in [-0.39, 0.29) is 29.6 Å². The van der Waals surface area contributed by atoms with E-state index in [1.807, 2.05) is 0 Å². The van der Waals surface area contributed by atoms with E-state index < -0.39 is 12.0 Å². The second-order valence-corrected chi connectivity index (χ2v) is 10.6. The molecule has 1 atom stereocenters. The molecule has 0 aromatic heterocycles. The van der Waals surface area contributed by atoms with Gasteiger partial charge in [0.1, 0.15) is 6.04 Å². The van der Waals surface area contributed by atoms with E-state index >= 15 is 0 Å². The molecule has 1 heterocycles. The minimum atomic E-state index is -0.583. The predicted molar refractivity (Wildman–Crippen MR) is 121 cm³/mol. The lowest BCUT2D eigenvalue weighted by molar-refractivity contribution is -0.165. The van der Waals surface area contributed by atoms with Crippen LogP contribution in [0.4, 0.5) is 5.69 Å². The van der Waals surface area contributed by atoms with E-state index in [1.165, 1.54) is 26.2 Å². The Bertz CT molecular complexity index is 934. The summed E-state index contributed by atoms with van der Waals surface area (Å²) in [7, 11) is 0. The van der Waals surface area contributed by atoms with Gasteiger partial charge in [-0.3, -0.25) is 14.4 Å². The summed E-state index contributed by atoms with van der Waals surface area (Å²) in [5, 5.41) is 2.65. The van der Waals surface area contributed by atoms with Gasteiger partial charge in [0, 0.05) is 24.7 Å². The molecule has 0 radical (unpaired) electrons. The van der Waals surface area contributed by atoms with E-state index in [4.69, 9.17) is 4.74 Å². The fraction of sp³-hybridized carbons (Fsp3) is 0.615. The summed E-state index contributed by atoms with van der Waals surface area (Å²) >= 11 is 0. The Balaban J connectivity index is 1.19. The highest BCUT2D eigenvalue weighted by atomic mass is 16.5. The molecule has 5 aliphatic rings. The minimum absolute atomic E-state index is 0.154. The van der Waals surface area contributed by atoms with Crippen molar-refractivity contribution in [3.63, 3.8) is 0 Å². The summed E-state index contributed by atoms with van der Waals surface area (Å²) in [6.07, 6.45) is 8.12. The number of Topliss-reactive ketones (excluding diaryl/α,β-unsaturated/α-hetero) is 1. The maximum atomic E-state index is 13.7. The molecule has 1 saturated heterocycles. The molecule has 1 aliphatic heterocycles. The number of anilines is 1. The number of carbonyl (C=O) groups is 4. The van der Waals surface area contributed by atoms with Crippen molar-refractivity contribution in [2.45, 2.75) is 64.3 Å². The van der Waals surface area contributed by atoms with Crippen molar-refractivity contribution < 1.29 is 23.9 Å². The molecule has 176 valence electrons. The first-order chi connectivity index (χ1) is 15.8. The van der Waals surface area contributed by atoms with Gasteiger partial charge < -0.3 is 15.0 Å². The molecule has 2 amide bonds. The maximum Gasteiger partial charge on any atom is 0.329 e. The van der Waals surface area contributed by atoms with E-state index in [0.29, 0.717) is 42.0 Å². The first kappa shape index (κ1) is 22.1. The van der Waals surface area contributed by atoms with Crippen molar-refractivity contribution in [3.05, 3.63) is 29.8 Å². The number of likely N-dealkylation sites (tertiary alicyclic amines) is 1. The van der Waals surface area contributed by atoms with Crippen molar-refractivity contribution in [1.29, 1.82) is 0 Å². The third-order valence-electron chi connectivity index (χ3n) is 8.15. The number of nitrogens with zero attached hydrogens (tertiary/aromatic N) is 1. The molecule has 6 rings (SSSR count). The van der Waals surface area contributed by atoms with Crippen LogP contribution in [-0.4, -0.2) is 47.7 Å². The van der Waals surface area contributed by atoms with Gasteiger partial charge >= 0.3 is 5.97 Å². The van der Waals surface area contributed by atoms with Crippen LogP contribution in [-0.2, 0) is 19.1 Å². The number of esters is 1. The minimum Gasteiger partial charge on any atom is -0.456 e. The number of nitrogens with one attached hydrogen (secondary N) is 1. The molecule has 1 unspecified atom stereocenters. The normalized spacial score (nSPS) is 32.0. The van der Waals surface area contributed by atoms with Gasteiger partial charge in [0.2, 0.25) is 11.8 Å². The van der Waals surface area contributed by atoms with Crippen LogP contribution < -0.4 is 5.32 Å². The summed E-state index contributed by atoms with van der Waals surface area (Å²) < 4.78 is 5.38. The topological polar surface area (TPSA) is 92.8 Å². The highest BCUT2D eigenvalue weighted by Crippen LogP contribution is 2.60. The van der Waals surface area contributed by atoms with Gasteiger partial charge in [-0.05, 0) is 93.4 Å². The fourth-order valence-electron chi connectivity index (χ4n) is 7.19. The molecule has 1 N–H and O–H groups in total. The summed E-state index contributed by atoms with van der Waals surface area (Å²) in [5.41, 5.74) is 0.731. The molecule has 0 spiro atoms. The largest absolute Gasteiger partial charge is 0.456 e. The summed E-state index contributed by atoms with van der Waals surface area (Å²) in [6, 6.07) is 5.89. The standard InChI is InChI=1S/C26H32N2O5/c1-16(29)27-21-6-4-20(5-7-21)23(30)15-33-24(31)22-3-2-8-28(22)25(32)26-12-17-9-18(13-26)11-19(10-17)14-26/h4-7,17-19,22H,2-3,8-15H2,1H3,(H,27,29). The number of hydrogen-bond acceptors (Lipinski definition) is 5. The summed E-state index contributed by atoms with van der Waals surface area (Å²) in [4.78, 5) is 52.0. The zero-order chi connectivity index (χ0) is 23.2. The van der Waals surface area contributed by atoms with E-state index in [9.17, 15) is 19.2 Å². The number of hydrogen-bond donors (Lipinski definition) is 1. The second kappa shape index (κ2) is 8.58. The Labute approximate surface area is 194 Å². The van der Waals surface area contributed by atoms with Gasteiger partial charge in [-0.1, -0.05) is 0 Å². The number of amides is 2. The van der Waals surface area contributed by atoms with Gasteiger partial charge in [0.05, 0.1) is 5.41 Å². The van der Waals surface area contributed by atoms with E-state index in [2.05, 4.69) is 5.32 Å². The highest BCUT2D eigenvalue weighted by Gasteiger charge is 2.57. The van der Waals surface area contributed by atoms with Gasteiger partial charge in [-0.25, -0.2) is 4.79 Å². The number of benzene rings is 1. The zero-order valence-electron chi connectivity index (χ0n) is 19.2. The van der Waals surface area contributed by atoms with E-state index in [0.717, 1.165) is 25.7 Å². The third-order valence-corrected chi connectivity index (χ3v) is 8.15. The molecular formula is C26H32N2O5. The van der Waals surface area contributed by atoms with Crippen LogP contribution in [0.3, 0.4) is 0 Å². The van der Waals surface area contributed by atoms with Crippen LogP contribution in [0.2, 0.25) is 0 Å². The fourth-order valence-corrected chi connectivity index (χ4v) is 7.19. The Kier molecular flexibility index (Phi) is 5.75. The summed E-state index contributed by atoms with van der Waals surface area (Å²) in [6.45, 7) is 1.66. The monoisotopic (exact) mass is 452 g/mol. The molecule has 33 heavy (non-hydrogen) atoms. The Morgan fingerprint density at radius 1 is 1.00 bits per heavy atom. The lowest BCUT2D eigenvalue weighted by Crippen LogP contribution is -2.56. The zero-order valence-corrected chi connectivity index (χ0v) is 19.2. The van der Waals surface area contributed by atoms with Crippen molar-refractivity contribution in [2.24, 2.45) is 23.2 Å². The maximum absolute atomic E-state index is 13.7. The van der Waals surface area contributed by atoms with Crippen LogP contribution in [0, 0.1) is 23.2 Å². The first-order valence-corrected chi connectivity index (χ1v) is 12.2. The Hall–Kier alpha value is -2.70. The van der Waals surface area contributed by atoms with Crippen LogP contribution >= 0.6 is 0 Å². The molecule has 7 heteroatoms. The van der Waals surface area contributed by atoms with Crippen LogP contribution in [0.5, 0.6) is 0 Å². The SMILES string of the molecule is CC(=O)Nc1ccc(C(=O)COC(=O)C2CCCN2C(=O)C23CC4CC(CC(C4)C2)C3)cc1. The number of rotatable bonds is 6. The smallest absolute Gasteiger partial charge is 0.329 e. The number of ether oxygens (including phenoxy) is 1. The number of ketones is 1. The van der Waals surface area contributed by atoms with Crippen molar-refractivity contribution in [1.82, 2.24) is 4.90 Å². The van der Waals surface area contributed by atoms with Crippen LogP contribution in [0.25, 0.3) is 0 Å². The lowest BCUT2D eigenvalue weighted by atomic mass is 9.49. The van der Waals surface area contributed by atoms with Gasteiger partial charge in [-0.2, -0.15) is 0 Å². The van der Waals surface area contributed by atoms with Crippen molar-refractivity contribution in [3.8, 4) is 0 Å². The highest BCUT2D eigenvalue weighted by molar-refractivity contribution is 5.99. The van der Waals surface area contributed by atoms with Crippen LogP contribution in [0.15, 0.2) is 24.3 Å². The average Bonchev–Trinajstić information content (AvgIpc) is 3.26. The Morgan fingerprint density at radius 3 is 2.18 bits per heavy atom. The third kappa shape index (κ3) is 4.30. The molecule has 1 aromatic rings. The molecular weight excluding hydrogens is 420 g/mol. The van der Waals surface area contributed by atoms with Gasteiger partial charge in [-0.15, -0.1) is 0 Å². The molecule has 1 aromatic carbocycles. The van der Waals surface area contributed by atoms with Crippen molar-refractivity contribution >= 4 is 29.3 Å². The quantitative estimate of drug-likeness (QED) is 0.526. The second-order valence-electron chi connectivity index (χ2n) is 10.6. The van der Waals surface area contributed by atoms with Crippen molar-refractivity contribution in [2.75, 3.05) is 18.5 Å². The molecule has 4 aliphatic carbocycles. The summed E-state index contributed by atoms with van der Waals surface area (Å²) in [5.74, 6) is 1.19. The lowest BCUT2D eigenvalue weighted by Gasteiger charge is -2.56. The van der Waals surface area contributed by atoms with Crippen LogP contribution in [0.1, 0.15) is 68.6 Å². The predicted octanol–water partition coefficient (Wildman–Crippen LogP) is 3.58. The first-order valence-electron chi connectivity index (χ1n) is 12.2. The molecule has 5 fully saturated rings.